The number of nitrogens with two attached hydrogens (primary N) is 1. The average molecular weight is 374 g/mol. The molecule has 5 nitrogen and oxygen atoms in total. The molecule has 0 saturated heterocycles. The van der Waals surface area contributed by atoms with Crippen LogP contribution in [0.3, 0.4) is 0 Å². The molecular formula is C18H19N3O2S2. The summed E-state index contributed by atoms with van der Waals surface area (Å²) in [6, 6.07) is 4.15. The minimum atomic E-state index is -0.366. The quantitative estimate of drug-likeness (QED) is 0.708. The summed E-state index contributed by atoms with van der Waals surface area (Å²) in [6.07, 6.45) is 0.909. The molecule has 0 bridgehead atoms. The number of aromatic nitrogens is 1. The van der Waals surface area contributed by atoms with Crippen LogP contribution in [0.4, 0.5) is 5.69 Å². The third-order valence-corrected chi connectivity index (χ3v) is 6.42. The summed E-state index contributed by atoms with van der Waals surface area (Å²) in [6.45, 7) is 3.96. The highest BCUT2D eigenvalue weighted by Crippen LogP contribution is 2.44. The number of esters is 1. The fraction of sp³-hybridized carbons (Fsp3) is 0.333. The Labute approximate surface area is 154 Å². The van der Waals surface area contributed by atoms with Crippen LogP contribution in [0.5, 0.6) is 0 Å². The van der Waals surface area contributed by atoms with E-state index in [9.17, 15) is 4.79 Å². The molecule has 0 amide bonds. The Morgan fingerprint density at radius 2 is 2.32 bits per heavy atom. The van der Waals surface area contributed by atoms with E-state index >= 15 is 0 Å². The van der Waals surface area contributed by atoms with Crippen LogP contribution in [0.15, 0.2) is 17.5 Å². The molecule has 1 aliphatic rings. The lowest BCUT2D eigenvalue weighted by Crippen LogP contribution is -2.27. The maximum absolute atomic E-state index is 12.3. The van der Waals surface area contributed by atoms with Crippen molar-refractivity contribution >= 4 is 44.5 Å². The highest BCUT2D eigenvalue weighted by molar-refractivity contribution is 7.21. The highest BCUT2D eigenvalue weighted by atomic mass is 32.1. The highest BCUT2D eigenvalue weighted by Gasteiger charge is 2.27. The molecule has 3 aromatic rings. The Kier molecular flexibility index (Phi) is 4.23. The fourth-order valence-corrected chi connectivity index (χ4v) is 5.12. The molecule has 2 N–H and O–H groups in total. The number of thiophene rings is 2. The number of fused-ring (bicyclic) bond motifs is 2. The summed E-state index contributed by atoms with van der Waals surface area (Å²) < 4.78 is 5.17. The van der Waals surface area contributed by atoms with E-state index in [1.54, 1.807) is 18.3 Å². The van der Waals surface area contributed by atoms with Crippen molar-refractivity contribution in [1.82, 2.24) is 9.88 Å². The lowest BCUT2D eigenvalue weighted by molar-refractivity contribution is 0.0533. The third kappa shape index (κ3) is 2.72. The van der Waals surface area contributed by atoms with Gasteiger partial charge in [0.15, 0.2) is 0 Å². The Bertz CT molecular complexity index is 947. The summed E-state index contributed by atoms with van der Waals surface area (Å²) in [5.41, 5.74) is 10.4. The van der Waals surface area contributed by atoms with Crippen molar-refractivity contribution in [2.75, 3.05) is 25.9 Å². The lowest BCUT2D eigenvalue weighted by Gasteiger charge is -2.26. The maximum atomic E-state index is 12.3. The van der Waals surface area contributed by atoms with E-state index in [0.29, 0.717) is 17.2 Å². The third-order valence-electron chi connectivity index (χ3n) is 4.45. The van der Waals surface area contributed by atoms with E-state index in [1.165, 1.54) is 21.8 Å². The van der Waals surface area contributed by atoms with Crippen molar-refractivity contribution in [2.45, 2.75) is 19.9 Å². The van der Waals surface area contributed by atoms with Crippen LogP contribution >= 0.6 is 22.7 Å². The molecule has 4 rings (SSSR count). The van der Waals surface area contributed by atoms with Gasteiger partial charge in [0.2, 0.25) is 0 Å². The molecule has 0 radical (unpaired) electrons. The molecular weight excluding hydrogens is 354 g/mol. The van der Waals surface area contributed by atoms with Crippen LogP contribution in [0.2, 0.25) is 0 Å². The number of carbonyl (C=O) groups excluding carboxylic acids is 1. The first-order valence-corrected chi connectivity index (χ1v) is 9.93. The van der Waals surface area contributed by atoms with E-state index in [-0.39, 0.29) is 5.97 Å². The van der Waals surface area contributed by atoms with Crippen molar-refractivity contribution in [3.05, 3.63) is 33.6 Å². The molecule has 0 aromatic carbocycles. The summed E-state index contributed by atoms with van der Waals surface area (Å²) in [5, 5.41) is 2.96. The monoisotopic (exact) mass is 373 g/mol. The second-order valence-electron chi connectivity index (χ2n) is 6.12. The zero-order valence-electron chi connectivity index (χ0n) is 14.2. The topological polar surface area (TPSA) is 68.4 Å². The van der Waals surface area contributed by atoms with Crippen molar-refractivity contribution in [2.24, 2.45) is 0 Å². The first kappa shape index (κ1) is 16.5. The number of pyridine rings is 1. The standard InChI is InChI=1S/C18H19N3O2S2/c1-3-23-18(22)16-15(19)14-13(12-5-4-8-24-12)10-9-21(2)7-6-11(10)20-17(14)25-16/h4-5,8H,3,6-7,9,19H2,1-2H3. The first-order valence-electron chi connectivity index (χ1n) is 8.23. The summed E-state index contributed by atoms with van der Waals surface area (Å²) in [4.78, 5) is 21.9. The van der Waals surface area contributed by atoms with Gasteiger partial charge in [-0.3, -0.25) is 0 Å². The molecule has 0 saturated carbocycles. The molecule has 0 aliphatic carbocycles. The number of hydrogen-bond acceptors (Lipinski definition) is 7. The first-order chi connectivity index (χ1) is 12.1. The van der Waals surface area contributed by atoms with Crippen molar-refractivity contribution < 1.29 is 9.53 Å². The number of carbonyl (C=O) groups is 1. The second kappa shape index (κ2) is 6.40. The van der Waals surface area contributed by atoms with Gasteiger partial charge in [-0.1, -0.05) is 6.07 Å². The number of hydrogen-bond donors (Lipinski definition) is 1. The minimum absolute atomic E-state index is 0.332. The van der Waals surface area contributed by atoms with Gasteiger partial charge in [-0.25, -0.2) is 9.78 Å². The van der Waals surface area contributed by atoms with Gasteiger partial charge in [0.05, 0.1) is 12.3 Å². The van der Waals surface area contributed by atoms with Crippen LogP contribution in [-0.2, 0) is 17.7 Å². The number of nitrogens with zero attached hydrogens (tertiary/aromatic N) is 2. The molecule has 0 spiro atoms. The van der Waals surface area contributed by atoms with Gasteiger partial charge < -0.3 is 15.4 Å². The van der Waals surface area contributed by atoms with E-state index in [2.05, 4.69) is 23.4 Å². The van der Waals surface area contributed by atoms with Gasteiger partial charge in [-0.15, -0.1) is 22.7 Å². The number of likely N-dealkylation sites (N-methyl/N-ethyl adjacent to an activating group) is 1. The molecule has 3 aromatic heterocycles. The Balaban J connectivity index is 2.02. The number of anilines is 1. The van der Waals surface area contributed by atoms with E-state index in [0.717, 1.165) is 41.0 Å². The van der Waals surface area contributed by atoms with Gasteiger partial charge in [0.25, 0.3) is 0 Å². The molecule has 4 heterocycles. The largest absolute Gasteiger partial charge is 0.462 e. The zero-order valence-corrected chi connectivity index (χ0v) is 15.8. The normalized spacial score (nSPS) is 14.6. The van der Waals surface area contributed by atoms with E-state index in [1.807, 2.05) is 6.07 Å². The smallest absolute Gasteiger partial charge is 0.350 e. The molecule has 130 valence electrons. The summed E-state index contributed by atoms with van der Waals surface area (Å²) in [7, 11) is 2.12. The second-order valence-corrected chi connectivity index (χ2v) is 8.07. The van der Waals surface area contributed by atoms with E-state index in [4.69, 9.17) is 15.5 Å². The van der Waals surface area contributed by atoms with Gasteiger partial charge >= 0.3 is 5.97 Å². The Hall–Kier alpha value is -1.96. The van der Waals surface area contributed by atoms with E-state index < -0.39 is 0 Å². The average Bonchev–Trinajstić information content (AvgIpc) is 3.22. The van der Waals surface area contributed by atoms with Crippen LogP contribution in [0, 0.1) is 0 Å². The molecule has 0 fully saturated rings. The molecule has 1 aliphatic heterocycles. The fourth-order valence-electron chi connectivity index (χ4n) is 3.30. The number of ether oxygens (including phenoxy) is 1. The van der Waals surface area contributed by atoms with Gasteiger partial charge in [-0.2, -0.15) is 0 Å². The lowest BCUT2D eigenvalue weighted by atomic mass is 9.96. The predicted molar refractivity (Wildman–Crippen MR) is 103 cm³/mol. The zero-order chi connectivity index (χ0) is 17.6. The minimum Gasteiger partial charge on any atom is -0.462 e. The summed E-state index contributed by atoms with van der Waals surface area (Å²) >= 11 is 3.03. The molecule has 25 heavy (non-hydrogen) atoms. The van der Waals surface area contributed by atoms with Crippen LogP contribution < -0.4 is 5.73 Å². The van der Waals surface area contributed by atoms with Gasteiger partial charge in [-0.05, 0) is 31.0 Å². The van der Waals surface area contributed by atoms with Gasteiger partial charge in [0, 0.05) is 41.0 Å². The molecule has 0 unspecified atom stereocenters. The SMILES string of the molecule is CCOC(=O)c1sc2nc3c(c(-c4cccs4)c2c1N)CN(C)CC3. The van der Waals surface area contributed by atoms with Crippen molar-refractivity contribution in [3.63, 3.8) is 0 Å². The van der Waals surface area contributed by atoms with Crippen LogP contribution in [-0.4, -0.2) is 36.1 Å². The number of rotatable bonds is 3. The van der Waals surface area contributed by atoms with Crippen molar-refractivity contribution in [1.29, 1.82) is 0 Å². The molecule has 7 heteroatoms. The maximum Gasteiger partial charge on any atom is 0.350 e. The van der Waals surface area contributed by atoms with Crippen LogP contribution in [0.25, 0.3) is 20.7 Å². The van der Waals surface area contributed by atoms with Crippen LogP contribution in [0.1, 0.15) is 27.9 Å². The Morgan fingerprint density at radius 3 is 3.04 bits per heavy atom. The molecule has 0 atom stereocenters. The van der Waals surface area contributed by atoms with Crippen molar-refractivity contribution in [3.8, 4) is 10.4 Å². The summed E-state index contributed by atoms with van der Waals surface area (Å²) in [5.74, 6) is -0.366. The van der Waals surface area contributed by atoms with Gasteiger partial charge in [0.1, 0.15) is 9.71 Å². The number of nitrogen functional groups attached to an aromatic ring is 1. The predicted octanol–water partition coefficient (Wildman–Crippen LogP) is 3.77. The Morgan fingerprint density at radius 1 is 1.48 bits per heavy atom.